The molecule has 0 radical (unpaired) electrons. The van der Waals surface area contributed by atoms with E-state index < -0.39 is 10.0 Å². The standard InChI is InChI=1S/C22H28N2O3S/c1-17(2)20-12-6-7-13-21(20)23-22(25)19-11-8-14-24(15-19)28(26,27)16-18-9-4-3-5-10-18/h3-7,9-10,12-13,17,19H,8,11,14-16H2,1-2H3,(H,23,25)/t19-/m0/s1. The number of anilines is 1. The molecule has 1 saturated heterocycles. The van der Waals surface area contributed by atoms with Gasteiger partial charge in [-0.3, -0.25) is 4.79 Å². The molecule has 1 fully saturated rings. The number of rotatable bonds is 6. The largest absolute Gasteiger partial charge is 0.326 e. The second-order valence-corrected chi connectivity index (χ2v) is 9.64. The minimum atomic E-state index is -3.44. The number of benzene rings is 2. The van der Waals surface area contributed by atoms with Crippen molar-refractivity contribution in [3.05, 3.63) is 65.7 Å². The summed E-state index contributed by atoms with van der Waals surface area (Å²) in [6.45, 7) is 4.89. The zero-order valence-electron chi connectivity index (χ0n) is 16.5. The summed E-state index contributed by atoms with van der Waals surface area (Å²) < 4.78 is 27.1. The van der Waals surface area contributed by atoms with Crippen molar-refractivity contribution >= 4 is 21.6 Å². The quantitative estimate of drug-likeness (QED) is 0.797. The Morgan fingerprint density at radius 1 is 1.11 bits per heavy atom. The summed E-state index contributed by atoms with van der Waals surface area (Å²) in [5, 5.41) is 3.02. The van der Waals surface area contributed by atoms with Crippen molar-refractivity contribution in [2.45, 2.75) is 38.4 Å². The predicted molar refractivity (Wildman–Crippen MR) is 113 cm³/mol. The number of nitrogens with one attached hydrogen (secondary N) is 1. The van der Waals surface area contributed by atoms with Crippen molar-refractivity contribution < 1.29 is 13.2 Å². The van der Waals surface area contributed by atoms with E-state index in [-0.39, 0.29) is 24.1 Å². The maximum absolute atomic E-state index is 12.8. The smallest absolute Gasteiger partial charge is 0.228 e. The van der Waals surface area contributed by atoms with Crippen LogP contribution in [0.2, 0.25) is 0 Å². The maximum Gasteiger partial charge on any atom is 0.228 e. The van der Waals surface area contributed by atoms with Crippen LogP contribution in [0.3, 0.4) is 0 Å². The van der Waals surface area contributed by atoms with Gasteiger partial charge >= 0.3 is 0 Å². The molecule has 3 rings (SSSR count). The zero-order chi connectivity index (χ0) is 20.1. The van der Waals surface area contributed by atoms with Gasteiger partial charge in [0.2, 0.25) is 15.9 Å². The van der Waals surface area contributed by atoms with Crippen LogP contribution in [0.25, 0.3) is 0 Å². The molecule has 150 valence electrons. The highest BCUT2D eigenvalue weighted by Gasteiger charge is 2.32. The summed E-state index contributed by atoms with van der Waals surface area (Å²) in [5.74, 6) is -0.170. The molecule has 1 heterocycles. The third-order valence-electron chi connectivity index (χ3n) is 5.18. The number of amides is 1. The number of nitrogens with zero attached hydrogens (tertiary/aromatic N) is 1. The lowest BCUT2D eigenvalue weighted by Crippen LogP contribution is -2.44. The van der Waals surface area contributed by atoms with Crippen LogP contribution in [0, 0.1) is 5.92 Å². The fraction of sp³-hybridized carbons (Fsp3) is 0.409. The van der Waals surface area contributed by atoms with Crippen molar-refractivity contribution in [2.75, 3.05) is 18.4 Å². The average molecular weight is 401 g/mol. The number of carbonyl (C=O) groups is 1. The third kappa shape index (κ3) is 5.00. The van der Waals surface area contributed by atoms with Gasteiger partial charge in [0.05, 0.1) is 11.7 Å². The lowest BCUT2D eigenvalue weighted by Gasteiger charge is -2.31. The Morgan fingerprint density at radius 3 is 2.50 bits per heavy atom. The molecule has 1 aliphatic heterocycles. The van der Waals surface area contributed by atoms with E-state index in [0.717, 1.165) is 16.8 Å². The normalized spacial score (nSPS) is 18.2. The summed E-state index contributed by atoms with van der Waals surface area (Å²) in [6.07, 6.45) is 1.39. The van der Waals surface area contributed by atoms with Gasteiger partial charge in [-0.25, -0.2) is 12.7 Å². The number of sulfonamides is 1. The lowest BCUT2D eigenvalue weighted by atomic mass is 9.97. The molecule has 6 heteroatoms. The van der Waals surface area contributed by atoms with Crippen molar-refractivity contribution in [3.8, 4) is 0 Å². The van der Waals surface area contributed by atoms with E-state index in [2.05, 4.69) is 19.2 Å². The highest BCUT2D eigenvalue weighted by atomic mass is 32.2. The molecule has 0 aliphatic carbocycles. The SMILES string of the molecule is CC(C)c1ccccc1NC(=O)[C@H]1CCCN(S(=O)(=O)Cc2ccccc2)C1. The van der Waals surface area contributed by atoms with Crippen LogP contribution in [0.15, 0.2) is 54.6 Å². The predicted octanol–water partition coefficient (Wildman–Crippen LogP) is 3.99. The van der Waals surface area contributed by atoms with Crippen molar-refractivity contribution in [2.24, 2.45) is 5.92 Å². The number of carbonyl (C=O) groups excluding carboxylic acids is 1. The molecule has 0 aromatic heterocycles. The van der Waals surface area contributed by atoms with Crippen molar-refractivity contribution in [1.29, 1.82) is 0 Å². The van der Waals surface area contributed by atoms with Crippen molar-refractivity contribution in [3.63, 3.8) is 0 Å². The van der Waals surface area contributed by atoms with E-state index in [1.54, 1.807) is 0 Å². The van der Waals surface area contributed by atoms with E-state index in [1.807, 2.05) is 54.6 Å². The molecule has 1 N–H and O–H groups in total. The molecular weight excluding hydrogens is 372 g/mol. The van der Waals surface area contributed by atoms with Gasteiger partial charge in [0.15, 0.2) is 0 Å². The molecule has 5 nitrogen and oxygen atoms in total. The van der Waals surface area contributed by atoms with Crippen molar-refractivity contribution in [1.82, 2.24) is 4.31 Å². The van der Waals surface area contributed by atoms with E-state index in [0.29, 0.717) is 25.3 Å². The molecule has 1 atom stereocenters. The number of piperidine rings is 1. The van der Waals surface area contributed by atoms with Gasteiger partial charge in [-0.1, -0.05) is 62.4 Å². The zero-order valence-corrected chi connectivity index (χ0v) is 17.3. The van der Waals surface area contributed by atoms with Crippen LogP contribution in [0.4, 0.5) is 5.69 Å². The Bertz CT molecular complexity index is 910. The molecule has 0 bridgehead atoms. The van der Waals surface area contributed by atoms with Crippen LogP contribution >= 0.6 is 0 Å². The van der Waals surface area contributed by atoms with Crippen LogP contribution in [0.1, 0.15) is 43.7 Å². The Labute approximate surface area is 167 Å². The molecule has 0 spiro atoms. The van der Waals surface area contributed by atoms with E-state index in [9.17, 15) is 13.2 Å². The van der Waals surface area contributed by atoms with Gasteiger partial charge in [0.1, 0.15) is 0 Å². The molecule has 2 aromatic rings. The number of hydrogen-bond donors (Lipinski definition) is 1. The van der Waals surface area contributed by atoms with E-state index in [4.69, 9.17) is 0 Å². The summed E-state index contributed by atoms with van der Waals surface area (Å²) in [6, 6.07) is 16.9. The first-order chi connectivity index (χ1) is 13.4. The highest BCUT2D eigenvalue weighted by Crippen LogP contribution is 2.26. The van der Waals surface area contributed by atoms with Crippen LogP contribution in [-0.4, -0.2) is 31.7 Å². The van der Waals surface area contributed by atoms with Gasteiger partial charge in [0.25, 0.3) is 0 Å². The van der Waals surface area contributed by atoms with Gasteiger partial charge in [-0.15, -0.1) is 0 Å². The summed E-state index contributed by atoms with van der Waals surface area (Å²) in [5.41, 5.74) is 2.66. The Balaban J connectivity index is 1.68. The Hall–Kier alpha value is -2.18. The van der Waals surface area contributed by atoms with Gasteiger partial charge in [-0.2, -0.15) is 0 Å². The first kappa shape index (κ1) is 20.6. The number of hydrogen-bond acceptors (Lipinski definition) is 3. The summed E-state index contributed by atoms with van der Waals surface area (Å²) in [7, 11) is -3.44. The second-order valence-electron chi connectivity index (χ2n) is 7.67. The molecule has 1 amide bonds. The molecule has 0 unspecified atom stereocenters. The minimum absolute atomic E-state index is 0.0294. The second kappa shape index (κ2) is 8.88. The molecule has 2 aromatic carbocycles. The van der Waals surface area contributed by atoms with E-state index in [1.165, 1.54) is 4.31 Å². The lowest BCUT2D eigenvalue weighted by molar-refractivity contribution is -0.120. The first-order valence-electron chi connectivity index (χ1n) is 9.78. The third-order valence-corrected chi connectivity index (χ3v) is 7.00. The van der Waals surface area contributed by atoms with Gasteiger partial charge < -0.3 is 5.32 Å². The first-order valence-corrected chi connectivity index (χ1v) is 11.4. The molecule has 1 aliphatic rings. The monoisotopic (exact) mass is 400 g/mol. The average Bonchev–Trinajstić information content (AvgIpc) is 2.69. The Kier molecular flexibility index (Phi) is 6.52. The van der Waals surface area contributed by atoms with Crippen LogP contribution < -0.4 is 5.32 Å². The van der Waals surface area contributed by atoms with Gasteiger partial charge in [0, 0.05) is 18.8 Å². The summed E-state index contributed by atoms with van der Waals surface area (Å²) in [4.78, 5) is 12.8. The molecule has 28 heavy (non-hydrogen) atoms. The van der Waals surface area contributed by atoms with Gasteiger partial charge in [-0.05, 0) is 36.0 Å². The maximum atomic E-state index is 12.8. The molecular formula is C22H28N2O3S. The van der Waals surface area contributed by atoms with Crippen LogP contribution in [-0.2, 0) is 20.6 Å². The Morgan fingerprint density at radius 2 is 1.79 bits per heavy atom. The molecule has 0 saturated carbocycles. The van der Waals surface area contributed by atoms with E-state index >= 15 is 0 Å². The number of para-hydroxylation sites is 1. The van der Waals surface area contributed by atoms with Crippen LogP contribution in [0.5, 0.6) is 0 Å². The summed E-state index contributed by atoms with van der Waals surface area (Å²) >= 11 is 0. The highest BCUT2D eigenvalue weighted by molar-refractivity contribution is 7.88. The topological polar surface area (TPSA) is 66.5 Å². The fourth-order valence-electron chi connectivity index (χ4n) is 3.63. The minimum Gasteiger partial charge on any atom is -0.326 e. The fourth-order valence-corrected chi connectivity index (χ4v) is 5.24.